The van der Waals surface area contributed by atoms with E-state index < -0.39 is 30.0 Å². The fourth-order valence-corrected chi connectivity index (χ4v) is 4.28. The van der Waals surface area contributed by atoms with Gasteiger partial charge in [0.25, 0.3) is 5.91 Å². The van der Waals surface area contributed by atoms with Gasteiger partial charge in [0.1, 0.15) is 12.1 Å². The Labute approximate surface area is 209 Å². The van der Waals surface area contributed by atoms with Crippen LogP contribution in [0, 0.1) is 5.41 Å². The summed E-state index contributed by atoms with van der Waals surface area (Å²) in [4.78, 5) is 40.3. The van der Waals surface area contributed by atoms with Gasteiger partial charge in [-0.3, -0.25) is 19.9 Å². The molecule has 4 rings (SSSR count). The number of nitrogens with zero attached hydrogens (tertiary/aromatic N) is 2. The van der Waals surface area contributed by atoms with Gasteiger partial charge in [-0.2, -0.15) is 0 Å². The van der Waals surface area contributed by atoms with Crippen LogP contribution in [0.25, 0.3) is 10.8 Å². The van der Waals surface area contributed by atoms with Crippen molar-refractivity contribution in [1.82, 2.24) is 9.80 Å². The number of carboxylic acid groups (broad SMARTS) is 1. The van der Waals surface area contributed by atoms with Crippen LogP contribution >= 0.6 is 12.4 Å². The number of urea groups is 1. The van der Waals surface area contributed by atoms with Crippen molar-refractivity contribution in [2.45, 2.75) is 25.9 Å². The predicted octanol–water partition coefficient (Wildman–Crippen LogP) is 4.39. The lowest BCUT2D eigenvalue weighted by Gasteiger charge is -2.32. The first-order chi connectivity index (χ1) is 16.3. The van der Waals surface area contributed by atoms with E-state index in [1.165, 1.54) is 4.90 Å². The number of benzene rings is 3. The maximum atomic E-state index is 13.4. The number of hydrogen-bond acceptors (Lipinski definition) is 5. The minimum Gasteiger partial charge on any atom is -0.480 e. The number of carbonyl (C=O) groups is 3. The second-order valence-corrected chi connectivity index (χ2v) is 8.25. The van der Waals surface area contributed by atoms with Crippen molar-refractivity contribution in [1.29, 1.82) is 5.41 Å². The zero-order valence-corrected chi connectivity index (χ0v) is 20.2. The van der Waals surface area contributed by atoms with Crippen molar-refractivity contribution in [3.05, 3.63) is 83.4 Å². The van der Waals surface area contributed by atoms with Crippen molar-refractivity contribution in [3.8, 4) is 0 Å². The van der Waals surface area contributed by atoms with Gasteiger partial charge in [-0.25, -0.2) is 4.79 Å². The Balaban J connectivity index is 0.00000342. The van der Waals surface area contributed by atoms with E-state index in [0.717, 1.165) is 21.2 Å². The van der Waals surface area contributed by atoms with E-state index in [-0.39, 0.29) is 24.8 Å². The van der Waals surface area contributed by atoms with Gasteiger partial charge in [-0.15, -0.1) is 12.4 Å². The molecule has 0 saturated carbocycles. The SMILES string of the molecule is CCOC(=N)c1ccc([C@@]2(C)C(=O)N(CC(=O)O)C(=O)N2Cc2ccc3ccccc3c2)cc1.Cl. The number of halogens is 1. The summed E-state index contributed by atoms with van der Waals surface area (Å²) in [5, 5.41) is 19.3. The Bertz CT molecular complexity index is 1290. The van der Waals surface area contributed by atoms with Gasteiger partial charge in [-0.1, -0.05) is 48.5 Å². The first-order valence-electron chi connectivity index (χ1n) is 10.9. The monoisotopic (exact) mass is 495 g/mol. The molecule has 1 saturated heterocycles. The van der Waals surface area contributed by atoms with E-state index in [1.807, 2.05) is 42.5 Å². The van der Waals surface area contributed by atoms with Crippen molar-refractivity contribution < 1.29 is 24.2 Å². The third-order valence-electron chi connectivity index (χ3n) is 6.11. The fraction of sp³-hybridized carbons (Fsp3) is 0.231. The largest absolute Gasteiger partial charge is 0.480 e. The molecular formula is C26H26ClN3O5. The second-order valence-electron chi connectivity index (χ2n) is 8.25. The summed E-state index contributed by atoms with van der Waals surface area (Å²) >= 11 is 0. The van der Waals surface area contributed by atoms with E-state index in [0.29, 0.717) is 17.7 Å². The quantitative estimate of drug-likeness (QED) is 0.287. The van der Waals surface area contributed by atoms with Gasteiger partial charge in [0.05, 0.1) is 6.61 Å². The number of ether oxygens (including phenoxy) is 1. The molecule has 0 aliphatic carbocycles. The topological polar surface area (TPSA) is 111 Å². The molecule has 0 aromatic heterocycles. The van der Waals surface area contributed by atoms with Crippen molar-refractivity contribution in [3.63, 3.8) is 0 Å². The predicted molar refractivity (Wildman–Crippen MR) is 134 cm³/mol. The molecule has 8 nitrogen and oxygen atoms in total. The van der Waals surface area contributed by atoms with E-state index in [1.54, 1.807) is 38.1 Å². The number of aliphatic carboxylic acids is 1. The first-order valence-corrected chi connectivity index (χ1v) is 10.9. The Hall–Kier alpha value is -3.91. The molecule has 0 unspecified atom stereocenters. The molecule has 1 atom stereocenters. The third kappa shape index (κ3) is 4.70. The van der Waals surface area contributed by atoms with E-state index in [2.05, 4.69) is 0 Å². The Kier molecular flexibility index (Phi) is 7.45. The summed E-state index contributed by atoms with van der Waals surface area (Å²) in [6.45, 7) is 3.18. The van der Waals surface area contributed by atoms with Crippen LogP contribution in [0.4, 0.5) is 4.79 Å². The van der Waals surface area contributed by atoms with Crippen LogP contribution in [0.1, 0.15) is 30.5 Å². The van der Waals surface area contributed by atoms with Crippen LogP contribution < -0.4 is 0 Å². The van der Waals surface area contributed by atoms with Crippen LogP contribution in [-0.4, -0.2) is 51.9 Å². The molecule has 9 heteroatoms. The van der Waals surface area contributed by atoms with Crippen LogP contribution in [0.3, 0.4) is 0 Å². The van der Waals surface area contributed by atoms with Gasteiger partial charge in [-0.05, 0) is 53.9 Å². The summed E-state index contributed by atoms with van der Waals surface area (Å²) in [5.74, 6) is -1.86. The maximum absolute atomic E-state index is 13.4. The van der Waals surface area contributed by atoms with Crippen LogP contribution in [0.2, 0.25) is 0 Å². The second kappa shape index (κ2) is 10.1. The van der Waals surface area contributed by atoms with E-state index in [9.17, 15) is 19.5 Å². The number of hydrogen-bond donors (Lipinski definition) is 2. The normalized spacial score (nSPS) is 17.4. The lowest BCUT2D eigenvalue weighted by Crippen LogP contribution is -2.44. The Morgan fingerprint density at radius 2 is 1.69 bits per heavy atom. The molecule has 3 aromatic carbocycles. The lowest BCUT2D eigenvalue weighted by atomic mass is 9.89. The maximum Gasteiger partial charge on any atom is 0.328 e. The number of nitrogens with one attached hydrogen (secondary N) is 1. The van der Waals surface area contributed by atoms with Crippen molar-refractivity contribution in [2.24, 2.45) is 0 Å². The number of fused-ring (bicyclic) bond motifs is 1. The Morgan fingerprint density at radius 1 is 1.03 bits per heavy atom. The van der Waals surface area contributed by atoms with E-state index in [4.69, 9.17) is 10.1 Å². The highest BCUT2D eigenvalue weighted by atomic mass is 35.5. The van der Waals surface area contributed by atoms with Gasteiger partial charge in [0.15, 0.2) is 0 Å². The summed E-state index contributed by atoms with van der Waals surface area (Å²) in [6, 6.07) is 19.6. The smallest absolute Gasteiger partial charge is 0.328 e. The number of carbonyl (C=O) groups excluding carboxylic acids is 2. The number of amides is 3. The molecule has 1 heterocycles. The average molecular weight is 496 g/mol. The van der Waals surface area contributed by atoms with E-state index >= 15 is 0 Å². The highest BCUT2D eigenvalue weighted by molar-refractivity contribution is 6.08. The van der Waals surface area contributed by atoms with Gasteiger partial charge in [0.2, 0.25) is 5.90 Å². The molecule has 3 aromatic rings. The summed E-state index contributed by atoms with van der Waals surface area (Å²) in [7, 11) is 0. The highest BCUT2D eigenvalue weighted by Gasteiger charge is 2.55. The zero-order chi connectivity index (χ0) is 24.5. The standard InChI is InChI=1S/C26H25N3O5.ClH/c1-3-34-23(27)19-10-12-21(13-11-19)26(2)24(32)28(16-22(30)31)25(33)29(26)15-17-8-9-18-6-4-5-7-20(18)14-17;/h4-14,27H,3,15-16H2,1-2H3,(H,30,31);1H/t26-;/m0./s1. The van der Waals surface area contributed by atoms with Crippen LogP contribution in [-0.2, 0) is 26.4 Å². The Morgan fingerprint density at radius 3 is 2.31 bits per heavy atom. The first kappa shape index (κ1) is 25.7. The molecule has 1 aliphatic heterocycles. The number of rotatable bonds is 7. The number of carboxylic acids is 1. The van der Waals surface area contributed by atoms with Crippen LogP contribution in [0.5, 0.6) is 0 Å². The molecule has 1 fully saturated rings. The molecule has 0 radical (unpaired) electrons. The van der Waals surface area contributed by atoms with Crippen molar-refractivity contribution >= 4 is 47.0 Å². The minimum atomic E-state index is -1.41. The van der Waals surface area contributed by atoms with Crippen molar-refractivity contribution in [2.75, 3.05) is 13.2 Å². The summed E-state index contributed by atoms with van der Waals surface area (Å²) in [5.41, 5.74) is 0.463. The highest BCUT2D eigenvalue weighted by Crippen LogP contribution is 2.38. The molecule has 2 N–H and O–H groups in total. The number of imide groups is 1. The van der Waals surface area contributed by atoms with Crippen LogP contribution in [0.15, 0.2) is 66.7 Å². The van der Waals surface area contributed by atoms with Gasteiger partial charge >= 0.3 is 12.0 Å². The molecule has 0 bridgehead atoms. The summed E-state index contributed by atoms with van der Waals surface area (Å²) in [6.07, 6.45) is 0. The molecule has 35 heavy (non-hydrogen) atoms. The minimum absolute atomic E-state index is 0. The van der Waals surface area contributed by atoms with Gasteiger partial charge < -0.3 is 14.7 Å². The molecule has 0 spiro atoms. The average Bonchev–Trinajstić information content (AvgIpc) is 3.00. The molecular weight excluding hydrogens is 470 g/mol. The molecule has 182 valence electrons. The molecule has 3 amide bonds. The lowest BCUT2D eigenvalue weighted by molar-refractivity contribution is -0.143. The van der Waals surface area contributed by atoms with Gasteiger partial charge in [0, 0.05) is 12.1 Å². The fourth-order valence-electron chi connectivity index (χ4n) is 4.28. The summed E-state index contributed by atoms with van der Waals surface area (Å²) < 4.78 is 5.23. The zero-order valence-electron chi connectivity index (χ0n) is 19.4. The third-order valence-corrected chi connectivity index (χ3v) is 6.11. The molecule has 1 aliphatic rings.